The number of aryl methyl sites for hydroxylation is 1. The van der Waals surface area contributed by atoms with Gasteiger partial charge in [0.2, 0.25) is 5.69 Å². The van der Waals surface area contributed by atoms with E-state index in [1.54, 1.807) is 37.3 Å². The number of likely N-dealkylation sites (tertiary alicyclic amines) is 1. The molecule has 4 rings (SSSR count). The summed E-state index contributed by atoms with van der Waals surface area (Å²) in [7, 11) is 0. The molecule has 0 radical (unpaired) electrons. The van der Waals surface area contributed by atoms with Gasteiger partial charge in [0.1, 0.15) is 0 Å². The fourth-order valence-electron chi connectivity index (χ4n) is 4.25. The second-order valence-electron chi connectivity index (χ2n) is 8.60. The maximum absolute atomic E-state index is 13.5. The van der Waals surface area contributed by atoms with Crippen LogP contribution in [0.2, 0.25) is 0 Å². The minimum atomic E-state index is -0.758. The first-order chi connectivity index (χ1) is 16.9. The van der Waals surface area contributed by atoms with Crippen molar-refractivity contribution in [3.05, 3.63) is 92.3 Å². The lowest BCUT2D eigenvalue weighted by Gasteiger charge is -2.31. The Labute approximate surface area is 202 Å². The lowest BCUT2D eigenvalue weighted by molar-refractivity contribution is -0.149. The van der Waals surface area contributed by atoms with Gasteiger partial charge < -0.3 is 9.64 Å². The zero-order valence-electron chi connectivity index (χ0n) is 19.8. The highest BCUT2D eigenvalue weighted by atomic mass is 16.5. The number of carbonyl (C=O) groups excluding carboxylic acids is 2. The summed E-state index contributed by atoms with van der Waals surface area (Å²) in [4.78, 5) is 53.9. The molecular formula is C26H28N4O5. The van der Waals surface area contributed by atoms with E-state index in [4.69, 9.17) is 4.74 Å². The topological polar surface area (TPSA) is 104 Å². The summed E-state index contributed by atoms with van der Waals surface area (Å²) in [6, 6.07) is 16.2. The van der Waals surface area contributed by atoms with Crippen LogP contribution in [0.1, 0.15) is 41.4 Å². The first-order valence-corrected chi connectivity index (χ1v) is 11.7. The van der Waals surface area contributed by atoms with Gasteiger partial charge in [-0.3, -0.25) is 19.0 Å². The Hall–Kier alpha value is -4.01. The van der Waals surface area contributed by atoms with Crippen LogP contribution < -0.4 is 11.2 Å². The number of piperidine rings is 1. The predicted octanol–water partition coefficient (Wildman–Crippen LogP) is 2.17. The van der Waals surface area contributed by atoms with Crippen molar-refractivity contribution in [1.29, 1.82) is 0 Å². The maximum Gasteiger partial charge on any atom is 0.352 e. The number of nitrogens with zero attached hydrogens (tertiary/aromatic N) is 4. The van der Waals surface area contributed by atoms with Crippen molar-refractivity contribution in [3.63, 3.8) is 0 Å². The van der Waals surface area contributed by atoms with Crippen LogP contribution in [0.5, 0.6) is 0 Å². The molecule has 1 aliphatic heterocycles. The van der Waals surface area contributed by atoms with E-state index in [-0.39, 0.29) is 31.4 Å². The van der Waals surface area contributed by atoms with Gasteiger partial charge in [-0.2, -0.15) is 9.78 Å². The van der Waals surface area contributed by atoms with Crippen molar-refractivity contribution in [2.45, 2.75) is 33.2 Å². The predicted molar refractivity (Wildman–Crippen MR) is 130 cm³/mol. The number of ether oxygens (including phenoxy) is 1. The molecule has 0 unspecified atom stereocenters. The highest BCUT2D eigenvalue weighted by Crippen LogP contribution is 2.19. The van der Waals surface area contributed by atoms with Crippen molar-refractivity contribution in [2.75, 3.05) is 19.7 Å². The number of rotatable bonds is 6. The Bertz CT molecular complexity index is 1350. The minimum Gasteiger partial charge on any atom is -0.466 e. The van der Waals surface area contributed by atoms with Crippen LogP contribution in [0.25, 0.3) is 5.69 Å². The molecule has 0 bridgehead atoms. The van der Waals surface area contributed by atoms with Gasteiger partial charge in [-0.25, -0.2) is 4.79 Å². The third-order valence-corrected chi connectivity index (χ3v) is 6.02. The maximum atomic E-state index is 13.5. The van der Waals surface area contributed by atoms with Crippen LogP contribution in [0.15, 0.2) is 64.2 Å². The van der Waals surface area contributed by atoms with Crippen LogP contribution in [-0.2, 0) is 16.1 Å². The summed E-state index contributed by atoms with van der Waals surface area (Å²) in [5, 5.41) is 4.23. The lowest BCUT2D eigenvalue weighted by atomic mass is 9.98. The summed E-state index contributed by atoms with van der Waals surface area (Å²) < 4.78 is 7.25. The Morgan fingerprint density at radius 3 is 2.57 bits per heavy atom. The van der Waals surface area contributed by atoms with Gasteiger partial charge in [-0.15, -0.1) is 0 Å². The average Bonchev–Trinajstić information content (AvgIpc) is 2.87. The summed E-state index contributed by atoms with van der Waals surface area (Å²) in [6.07, 6.45) is 1.21. The first-order valence-electron chi connectivity index (χ1n) is 11.7. The van der Waals surface area contributed by atoms with Crippen molar-refractivity contribution in [2.24, 2.45) is 5.92 Å². The molecule has 1 atom stereocenters. The van der Waals surface area contributed by atoms with E-state index >= 15 is 0 Å². The Kier molecular flexibility index (Phi) is 7.24. The Balaban J connectivity index is 1.78. The molecule has 0 saturated carbocycles. The fourth-order valence-corrected chi connectivity index (χ4v) is 4.25. The normalized spacial score (nSPS) is 15.6. The molecule has 0 N–H and O–H groups in total. The van der Waals surface area contributed by atoms with Gasteiger partial charge in [0.05, 0.1) is 24.8 Å². The van der Waals surface area contributed by atoms with Crippen molar-refractivity contribution < 1.29 is 14.3 Å². The van der Waals surface area contributed by atoms with Gasteiger partial charge in [0, 0.05) is 13.1 Å². The molecule has 2 aromatic carbocycles. The fraction of sp³-hybridized carbons (Fsp3) is 0.346. The van der Waals surface area contributed by atoms with E-state index in [1.165, 1.54) is 4.90 Å². The van der Waals surface area contributed by atoms with Gasteiger partial charge in [-0.05, 0) is 49.9 Å². The Morgan fingerprint density at radius 2 is 1.86 bits per heavy atom. The van der Waals surface area contributed by atoms with Gasteiger partial charge >= 0.3 is 11.7 Å². The lowest BCUT2D eigenvalue weighted by Crippen LogP contribution is -2.49. The smallest absolute Gasteiger partial charge is 0.352 e. The quantitative estimate of drug-likeness (QED) is 0.505. The number of aromatic nitrogens is 3. The third kappa shape index (κ3) is 5.24. The van der Waals surface area contributed by atoms with Crippen LogP contribution in [-0.4, -0.2) is 50.8 Å². The number of benzene rings is 2. The second kappa shape index (κ2) is 10.5. The highest BCUT2D eigenvalue weighted by Gasteiger charge is 2.32. The molecule has 182 valence electrons. The molecule has 0 spiro atoms. The minimum absolute atomic E-state index is 0.00142. The molecule has 9 nitrogen and oxygen atoms in total. The van der Waals surface area contributed by atoms with E-state index in [0.717, 1.165) is 20.4 Å². The molecule has 1 aliphatic rings. The van der Waals surface area contributed by atoms with E-state index in [2.05, 4.69) is 5.10 Å². The third-order valence-electron chi connectivity index (χ3n) is 6.02. The standard InChI is InChI=1S/C26H28N4O5/c1-3-35-25(33)20-12-8-14-28(17-20)23(31)22-24(32)29(16-19-10-5-4-6-11-19)26(34)30(27-22)21-13-7-9-18(2)15-21/h4-7,9-11,13,15,20H,3,8,12,14,16-17H2,1-2H3/t20-/m0/s1. The SMILES string of the molecule is CCOC(=O)[C@H]1CCCN(C(=O)c2nn(-c3cccc(C)c3)c(=O)n(Cc3ccccc3)c2=O)C1. The zero-order valence-corrected chi connectivity index (χ0v) is 19.8. The number of esters is 1. The zero-order chi connectivity index (χ0) is 24.9. The molecule has 3 aromatic rings. The molecule has 1 fully saturated rings. The summed E-state index contributed by atoms with van der Waals surface area (Å²) >= 11 is 0. The molecule has 35 heavy (non-hydrogen) atoms. The van der Waals surface area contributed by atoms with Crippen molar-refractivity contribution >= 4 is 11.9 Å². The van der Waals surface area contributed by atoms with Gasteiger partial charge in [-0.1, -0.05) is 42.5 Å². The van der Waals surface area contributed by atoms with Crippen LogP contribution in [0, 0.1) is 12.8 Å². The molecule has 0 aliphatic carbocycles. The van der Waals surface area contributed by atoms with Crippen LogP contribution >= 0.6 is 0 Å². The van der Waals surface area contributed by atoms with Crippen LogP contribution in [0.3, 0.4) is 0 Å². The first kappa shape index (κ1) is 24.1. The molecule has 1 amide bonds. The highest BCUT2D eigenvalue weighted by molar-refractivity contribution is 5.92. The molecule has 1 saturated heterocycles. The molecule has 2 heterocycles. The van der Waals surface area contributed by atoms with E-state index in [1.807, 2.05) is 31.2 Å². The number of carbonyl (C=O) groups is 2. The summed E-state index contributed by atoms with van der Waals surface area (Å²) in [5.41, 5.74) is 0.348. The second-order valence-corrected chi connectivity index (χ2v) is 8.60. The monoisotopic (exact) mass is 476 g/mol. The number of hydrogen-bond donors (Lipinski definition) is 0. The summed E-state index contributed by atoms with van der Waals surface area (Å²) in [6.45, 7) is 4.40. The molecule has 1 aromatic heterocycles. The van der Waals surface area contributed by atoms with Crippen molar-refractivity contribution in [1.82, 2.24) is 19.2 Å². The number of amides is 1. The van der Waals surface area contributed by atoms with E-state index < -0.39 is 23.1 Å². The Morgan fingerprint density at radius 1 is 1.09 bits per heavy atom. The molecular weight excluding hydrogens is 448 g/mol. The average molecular weight is 477 g/mol. The molecule has 9 heteroatoms. The van der Waals surface area contributed by atoms with E-state index in [0.29, 0.717) is 25.1 Å². The van der Waals surface area contributed by atoms with Crippen LogP contribution in [0.4, 0.5) is 0 Å². The number of hydrogen-bond acceptors (Lipinski definition) is 6. The van der Waals surface area contributed by atoms with E-state index in [9.17, 15) is 19.2 Å². The summed E-state index contributed by atoms with van der Waals surface area (Å²) in [5.74, 6) is -1.42. The largest absolute Gasteiger partial charge is 0.466 e. The van der Waals surface area contributed by atoms with Gasteiger partial charge in [0.25, 0.3) is 11.5 Å². The van der Waals surface area contributed by atoms with Crippen molar-refractivity contribution in [3.8, 4) is 5.69 Å². The van der Waals surface area contributed by atoms with Gasteiger partial charge in [0.15, 0.2) is 0 Å².